The molecule has 371 valence electrons. The zero-order valence-electron chi connectivity index (χ0n) is 41.1. The van der Waals surface area contributed by atoms with Crippen LogP contribution in [0.15, 0.2) is 79.6 Å². The van der Waals surface area contributed by atoms with E-state index in [9.17, 15) is 19.2 Å². The lowest BCUT2D eigenvalue weighted by Gasteiger charge is -2.25. The summed E-state index contributed by atoms with van der Waals surface area (Å²) in [6, 6.07) is 18.0. The van der Waals surface area contributed by atoms with Gasteiger partial charge in [-0.15, -0.1) is 0 Å². The molecule has 0 saturated carbocycles. The number of aliphatic hydroxyl groups is 1. The van der Waals surface area contributed by atoms with Crippen molar-refractivity contribution in [2.45, 2.75) is 80.5 Å². The number of hydrogen-bond donors (Lipinski definition) is 4. The number of carbonyl (C=O) groups excluding carboxylic acids is 4. The third kappa shape index (κ3) is 16.8. The molecule has 0 aliphatic carbocycles. The van der Waals surface area contributed by atoms with Crippen molar-refractivity contribution in [3.63, 3.8) is 0 Å². The summed E-state index contributed by atoms with van der Waals surface area (Å²) >= 11 is 0. The van der Waals surface area contributed by atoms with Crippen LogP contribution in [0.3, 0.4) is 0 Å². The van der Waals surface area contributed by atoms with Gasteiger partial charge in [0.1, 0.15) is 12.2 Å². The number of aliphatic hydroxyl groups excluding tert-OH is 1. The molecule has 2 aromatic heterocycles. The molecule has 0 spiro atoms. The summed E-state index contributed by atoms with van der Waals surface area (Å²) < 4.78 is 10.2. The maximum absolute atomic E-state index is 12.1. The van der Waals surface area contributed by atoms with Gasteiger partial charge < -0.3 is 49.5 Å². The topological polar surface area (TPSA) is 193 Å². The Hall–Kier alpha value is -6.43. The lowest BCUT2D eigenvalue weighted by Crippen LogP contribution is -2.43. The molecular weight excluding hydrogens is 904 g/mol. The van der Waals surface area contributed by atoms with Gasteiger partial charge in [-0.1, -0.05) is 33.1 Å². The van der Waals surface area contributed by atoms with Crippen LogP contribution in [0.5, 0.6) is 0 Å². The molecule has 72 heavy (non-hydrogen) atoms. The number of rotatable bonds is 12. The molecule has 9 radical (unpaired) electrons. The van der Waals surface area contributed by atoms with Gasteiger partial charge in [-0.05, 0) is 93.1 Å². The van der Waals surface area contributed by atoms with E-state index in [2.05, 4.69) is 47.2 Å². The van der Waals surface area contributed by atoms with Crippen molar-refractivity contribution in [2.75, 3.05) is 83.8 Å². The Labute approximate surface area is 432 Å². The van der Waals surface area contributed by atoms with Gasteiger partial charge in [0.25, 0.3) is 11.8 Å². The van der Waals surface area contributed by atoms with Crippen LogP contribution in [0.4, 0.5) is 38.9 Å². The molecule has 3 aliphatic rings. The van der Waals surface area contributed by atoms with Crippen LogP contribution in [-0.2, 0) is 56.2 Å². The summed E-state index contributed by atoms with van der Waals surface area (Å²) in [5.74, 6) is -1.03. The van der Waals surface area contributed by atoms with Gasteiger partial charge in [0.15, 0.2) is 6.61 Å². The molecule has 0 bridgehead atoms. The van der Waals surface area contributed by atoms with E-state index in [4.69, 9.17) is 45.5 Å². The summed E-state index contributed by atoms with van der Waals surface area (Å²) in [5, 5.41) is 12.1. The maximum Gasteiger partial charge on any atom is 0.414 e. The predicted octanol–water partition coefficient (Wildman–Crippen LogP) is 4.06. The molecule has 17 nitrogen and oxygen atoms in total. The largest absolute Gasteiger partial charge is 0.456 e. The van der Waals surface area contributed by atoms with E-state index in [0.29, 0.717) is 6.54 Å². The molecule has 0 unspecified atom stereocenters. The summed E-state index contributed by atoms with van der Waals surface area (Å²) in [4.78, 5) is 70.2. The standard InChI is InChI=1S/C17H20N4O3.C15H18N4O2.C14H20N2O2.2CH4.B7/c1-12(22)24-10-17(23)20(2)15-4-3-13-5-6-21(16(13)7-15)9-14-8-18-11-19-14;1-18(15(21)9-20)13-3-2-11-4-5-19(14(11)6-13)8-12-7-16-10-17-12;1-14(2,3)18-13(17)16-8-7-10-5-6-11(15-4)9-12(10)16;;;1-5-7(4)6(2)3/h3-4,7-8,11H,5-6,9-10H2,1-2H3,(H,18,19);2-3,6-7,10,20H,4-5,8-9H2,1H3,(H,16,17);5-6,9,15H,7-8H2,1-4H3;2*1H4;. The van der Waals surface area contributed by atoms with Gasteiger partial charge in [-0.25, -0.2) is 14.8 Å². The molecule has 0 atom stereocenters. The third-order valence-corrected chi connectivity index (χ3v) is 11.6. The number of nitrogens with zero attached hydrogens (tertiary/aromatic N) is 7. The molecule has 3 amide bonds. The summed E-state index contributed by atoms with van der Waals surface area (Å²) in [7, 11) is 26.8. The van der Waals surface area contributed by atoms with E-state index < -0.39 is 24.6 Å². The minimum atomic E-state index is -0.537. The lowest BCUT2D eigenvalue weighted by molar-refractivity contribution is -0.145. The number of fused-ring (bicyclic) bond motifs is 3. The highest BCUT2D eigenvalue weighted by molar-refractivity contribution is 7.81. The summed E-state index contributed by atoms with van der Waals surface area (Å²) in [6.07, 6.45) is 8.66. The molecule has 3 aromatic carbocycles. The van der Waals surface area contributed by atoms with Crippen LogP contribution in [0.1, 0.15) is 70.6 Å². The van der Waals surface area contributed by atoms with Crippen molar-refractivity contribution in [2.24, 2.45) is 0 Å². The predicted molar refractivity (Wildman–Crippen MR) is 297 cm³/mol. The molecular formula is C48H66B7N10O7. The average Bonchev–Trinajstić information content (AvgIpc) is 4.22. The molecule has 5 heterocycles. The summed E-state index contributed by atoms with van der Waals surface area (Å²) in [6.45, 7) is 10.3. The van der Waals surface area contributed by atoms with Crippen molar-refractivity contribution in [3.05, 3.63) is 108 Å². The number of esters is 1. The van der Waals surface area contributed by atoms with E-state index >= 15 is 0 Å². The number of aromatic nitrogens is 4. The monoisotopic (exact) mass is 972 g/mol. The molecule has 8 rings (SSSR count). The zero-order chi connectivity index (χ0) is 51.1. The number of benzene rings is 3. The van der Waals surface area contributed by atoms with Gasteiger partial charge in [0.2, 0.25) is 0 Å². The van der Waals surface area contributed by atoms with Crippen molar-refractivity contribution >= 4 is 109 Å². The Bertz CT molecular complexity index is 2520. The second-order valence-electron chi connectivity index (χ2n) is 17.8. The SMILES string of the molecule is C.C.CC(=O)OCC(=O)N(C)c1ccc2c(c1)N(Cc1cnc[nH]1)CC2.CN(C(=O)CO)c1ccc2c(c1)N(Cc1cnc[nH]1)CC2.CNc1ccc2c(c1)N(C(=O)OC(C)(C)C)CC2.[B][B]B([B])B([B])[B]. The quantitative estimate of drug-likeness (QED) is 0.104. The fourth-order valence-corrected chi connectivity index (χ4v) is 7.59. The lowest BCUT2D eigenvalue weighted by atomic mass is 8.76. The van der Waals surface area contributed by atoms with Crippen molar-refractivity contribution in [1.82, 2.24) is 19.9 Å². The van der Waals surface area contributed by atoms with E-state index in [-0.39, 0.29) is 45.8 Å². The number of likely N-dealkylation sites (N-methyl/N-ethyl adjacent to an activating group) is 2. The van der Waals surface area contributed by atoms with Gasteiger partial charge in [0, 0.05) is 139 Å². The number of ether oxygens (including phenoxy) is 2. The van der Waals surface area contributed by atoms with Crippen molar-refractivity contribution in [1.29, 1.82) is 0 Å². The Morgan fingerprint density at radius 2 is 1.26 bits per heavy atom. The van der Waals surface area contributed by atoms with Crippen LogP contribution < -0.4 is 29.8 Å². The second-order valence-corrected chi connectivity index (χ2v) is 17.8. The van der Waals surface area contributed by atoms with Crippen LogP contribution >= 0.6 is 0 Å². The smallest absolute Gasteiger partial charge is 0.414 e. The minimum absolute atomic E-state index is 0. The highest BCUT2D eigenvalue weighted by Crippen LogP contribution is 2.35. The molecule has 5 aromatic rings. The number of carbonyl (C=O) groups is 4. The summed E-state index contributed by atoms with van der Waals surface area (Å²) in [5.41, 5.74) is 11.2. The van der Waals surface area contributed by atoms with Crippen LogP contribution in [0, 0.1) is 0 Å². The normalized spacial score (nSPS) is 12.5. The Kier molecular flexibility index (Phi) is 23.3. The molecule has 3 aliphatic heterocycles. The fraction of sp³-hybridized carbons (Fsp3) is 0.417. The maximum atomic E-state index is 12.1. The molecule has 0 saturated heterocycles. The van der Waals surface area contributed by atoms with Gasteiger partial charge >= 0.3 is 12.1 Å². The minimum Gasteiger partial charge on any atom is -0.456 e. The van der Waals surface area contributed by atoms with E-state index in [1.165, 1.54) is 40.5 Å². The first-order chi connectivity index (χ1) is 33.3. The van der Waals surface area contributed by atoms with Gasteiger partial charge in [-0.3, -0.25) is 19.3 Å². The van der Waals surface area contributed by atoms with Crippen LogP contribution in [-0.4, -0.2) is 159 Å². The number of H-pyrrole nitrogens is 2. The van der Waals surface area contributed by atoms with Crippen LogP contribution in [0.25, 0.3) is 0 Å². The van der Waals surface area contributed by atoms with E-state index in [1.54, 1.807) is 31.6 Å². The van der Waals surface area contributed by atoms with Crippen LogP contribution in [0.2, 0.25) is 0 Å². The van der Waals surface area contributed by atoms with Crippen molar-refractivity contribution in [3.8, 4) is 0 Å². The van der Waals surface area contributed by atoms with Gasteiger partial charge in [-0.2, -0.15) is 0 Å². The molecule has 24 heteroatoms. The average molecular weight is 971 g/mol. The number of amides is 3. The Morgan fingerprint density at radius 1 is 0.778 bits per heavy atom. The first kappa shape index (κ1) is 59.9. The highest BCUT2D eigenvalue weighted by atomic mass is 16.6. The molecule has 0 fully saturated rings. The highest BCUT2D eigenvalue weighted by Gasteiger charge is 2.29. The number of nitrogens with one attached hydrogen (secondary N) is 3. The number of hydrogen-bond acceptors (Lipinski definition) is 12. The third-order valence-electron chi connectivity index (χ3n) is 11.6. The first-order valence-electron chi connectivity index (χ1n) is 22.9. The van der Waals surface area contributed by atoms with E-state index in [0.717, 1.165) is 91.0 Å². The second kappa shape index (κ2) is 28.0. The van der Waals surface area contributed by atoms with Crippen molar-refractivity contribution < 1.29 is 33.8 Å². The molecule has 4 N–H and O–H groups in total. The Balaban J connectivity index is 0.000000266. The fourth-order valence-electron chi connectivity index (χ4n) is 7.59. The number of imidazole rings is 2. The van der Waals surface area contributed by atoms with Gasteiger partial charge in [0.05, 0.1) is 42.8 Å². The number of anilines is 6. The Morgan fingerprint density at radius 3 is 1.68 bits per heavy atom. The zero-order valence-corrected chi connectivity index (χ0v) is 41.1. The first-order valence-corrected chi connectivity index (χ1v) is 22.9. The number of aromatic amines is 2. The van der Waals surface area contributed by atoms with E-state index in [1.807, 2.05) is 82.7 Å².